The summed E-state index contributed by atoms with van der Waals surface area (Å²) in [6.07, 6.45) is 2.89. The Hall–Kier alpha value is -3.27. The predicted molar refractivity (Wildman–Crippen MR) is 120 cm³/mol. The van der Waals surface area contributed by atoms with E-state index in [1.165, 1.54) is 11.3 Å². The van der Waals surface area contributed by atoms with Gasteiger partial charge in [-0.05, 0) is 32.9 Å². The summed E-state index contributed by atoms with van der Waals surface area (Å²) >= 11 is 1.18. The second kappa shape index (κ2) is 7.77. The van der Waals surface area contributed by atoms with Crippen LogP contribution in [-0.2, 0) is 4.74 Å². The molecule has 3 aromatic rings. The number of nitrogen functional groups attached to an aromatic ring is 1. The van der Waals surface area contributed by atoms with Crippen LogP contribution in [0.15, 0.2) is 29.1 Å². The lowest BCUT2D eigenvalue weighted by molar-refractivity contribution is 0.0240. The number of ether oxygens (including phenoxy) is 1. The van der Waals surface area contributed by atoms with E-state index < -0.39 is 11.5 Å². The number of fused-ring (bicyclic) bond motifs is 1. The molecule has 0 unspecified atom stereocenters. The largest absolute Gasteiger partial charge is 0.472 e. The normalized spacial score (nSPS) is 14.8. The number of thiophene rings is 1. The van der Waals surface area contributed by atoms with Crippen molar-refractivity contribution in [2.45, 2.75) is 26.4 Å². The number of aromatic nitrogens is 1. The number of rotatable bonds is 3. The number of nitrogens with zero attached hydrogens (tertiary/aromatic N) is 3. The molecule has 0 saturated carbocycles. The zero-order valence-electron chi connectivity index (χ0n) is 17.7. The lowest BCUT2D eigenvalue weighted by atomic mass is 10.0. The summed E-state index contributed by atoms with van der Waals surface area (Å²) in [5, 5.41) is 0.691. The maximum absolute atomic E-state index is 12.3. The minimum absolute atomic E-state index is 0.291. The molecule has 31 heavy (non-hydrogen) atoms. The average Bonchev–Trinajstić information content (AvgIpc) is 3.35. The molecule has 0 atom stereocenters. The summed E-state index contributed by atoms with van der Waals surface area (Å²) < 4.78 is 10.7. The van der Waals surface area contributed by atoms with Crippen molar-refractivity contribution in [2.75, 3.05) is 36.8 Å². The van der Waals surface area contributed by atoms with Gasteiger partial charge in [-0.15, -0.1) is 11.3 Å². The molecule has 4 rings (SSSR count). The molecule has 1 fully saturated rings. The number of piperazine rings is 1. The molecule has 9 nitrogen and oxygen atoms in total. The molecule has 0 aliphatic carbocycles. The van der Waals surface area contributed by atoms with Crippen LogP contribution in [0.5, 0.6) is 0 Å². The van der Waals surface area contributed by atoms with E-state index in [4.69, 9.17) is 25.6 Å². The maximum Gasteiger partial charge on any atom is 0.410 e. The quantitative estimate of drug-likeness (QED) is 0.635. The Labute approximate surface area is 183 Å². The highest BCUT2D eigenvalue weighted by Crippen LogP contribution is 2.41. The first-order chi connectivity index (χ1) is 14.6. The molecule has 164 valence electrons. The van der Waals surface area contributed by atoms with Gasteiger partial charge >= 0.3 is 6.09 Å². The van der Waals surface area contributed by atoms with Crippen molar-refractivity contribution in [3.8, 4) is 11.1 Å². The maximum atomic E-state index is 12.3. The first kappa shape index (κ1) is 21.0. The van der Waals surface area contributed by atoms with Gasteiger partial charge in [0.2, 0.25) is 0 Å². The second-order valence-electron chi connectivity index (χ2n) is 8.38. The minimum Gasteiger partial charge on any atom is -0.472 e. The molecule has 0 spiro atoms. The van der Waals surface area contributed by atoms with Crippen molar-refractivity contribution in [3.05, 3.63) is 29.5 Å². The molecule has 4 N–H and O–H groups in total. The van der Waals surface area contributed by atoms with Gasteiger partial charge in [0.1, 0.15) is 21.1 Å². The van der Waals surface area contributed by atoms with Crippen LogP contribution >= 0.6 is 11.3 Å². The van der Waals surface area contributed by atoms with Gasteiger partial charge in [0.25, 0.3) is 5.91 Å². The van der Waals surface area contributed by atoms with E-state index in [1.807, 2.05) is 32.9 Å². The number of anilines is 2. The van der Waals surface area contributed by atoms with Crippen LogP contribution in [0.4, 0.5) is 16.3 Å². The Balaban J connectivity index is 1.65. The first-order valence-electron chi connectivity index (χ1n) is 9.92. The third-order valence-corrected chi connectivity index (χ3v) is 6.11. The first-order valence-corrected chi connectivity index (χ1v) is 10.7. The van der Waals surface area contributed by atoms with Gasteiger partial charge < -0.3 is 30.4 Å². The predicted octanol–water partition coefficient (Wildman–Crippen LogP) is 3.29. The number of carbonyl (C=O) groups is 2. The number of furan rings is 1. The van der Waals surface area contributed by atoms with Gasteiger partial charge in [-0.1, -0.05) is 0 Å². The van der Waals surface area contributed by atoms with Gasteiger partial charge in [0, 0.05) is 42.7 Å². The van der Waals surface area contributed by atoms with Crippen molar-refractivity contribution in [1.29, 1.82) is 0 Å². The number of carbonyl (C=O) groups excluding carboxylic acids is 2. The Morgan fingerprint density at radius 1 is 1.23 bits per heavy atom. The molecule has 0 bridgehead atoms. The van der Waals surface area contributed by atoms with Gasteiger partial charge in [-0.25, -0.2) is 9.78 Å². The fraction of sp³-hybridized carbons (Fsp3) is 0.381. The molecule has 1 aliphatic rings. The van der Waals surface area contributed by atoms with Crippen molar-refractivity contribution in [3.63, 3.8) is 0 Å². The topological polar surface area (TPSA) is 128 Å². The van der Waals surface area contributed by atoms with E-state index in [1.54, 1.807) is 17.4 Å². The smallest absolute Gasteiger partial charge is 0.410 e. The van der Waals surface area contributed by atoms with Gasteiger partial charge in [0.15, 0.2) is 0 Å². The van der Waals surface area contributed by atoms with Gasteiger partial charge in [-0.2, -0.15) is 0 Å². The summed E-state index contributed by atoms with van der Waals surface area (Å²) in [5.41, 5.74) is 13.2. The molecular weight excluding hydrogens is 418 g/mol. The standard InChI is InChI=1S/C21H25N5O4S/c1-21(2,3)30-20(28)26-7-5-25(6-8-26)14-10-13(12-4-9-29-11-12)15-16(22)17(18(23)27)31-19(15)24-14/h4,9-11H,5-8,22H2,1-3H3,(H2,23,27). The highest BCUT2D eigenvalue weighted by Gasteiger charge is 2.28. The zero-order chi connectivity index (χ0) is 22.3. The summed E-state index contributed by atoms with van der Waals surface area (Å²) in [6.45, 7) is 7.81. The fourth-order valence-corrected chi connectivity index (χ4v) is 4.51. The van der Waals surface area contributed by atoms with E-state index in [0.717, 1.165) is 16.9 Å². The van der Waals surface area contributed by atoms with E-state index in [9.17, 15) is 9.59 Å². The van der Waals surface area contributed by atoms with Crippen LogP contribution in [0.25, 0.3) is 21.3 Å². The molecule has 0 radical (unpaired) electrons. The third kappa shape index (κ3) is 4.15. The fourth-order valence-electron chi connectivity index (χ4n) is 3.54. The SMILES string of the molecule is CC(C)(C)OC(=O)N1CCN(c2cc(-c3ccoc3)c3c(N)c(C(N)=O)sc3n2)CC1. The Morgan fingerprint density at radius 3 is 2.52 bits per heavy atom. The lowest BCUT2D eigenvalue weighted by Gasteiger charge is -2.36. The molecule has 2 amide bonds. The van der Waals surface area contributed by atoms with Crippen LogP contribution in [0.3, 0.4) is 0 Å². The van der Waals surface area contributed by atoms with Crippen LogP contribution < -0.4 is 16.4 Å². The monoisotopic (exact) mass is 443 g/mol. The number of amides is 2. The van der Waals surface area contributed by atoms with Crippen molar-refractivity contribution < 1.29 is 18.7 Å². The summed E-state index contributed by atoms with van der Waals surface area (Å²) in [6, 6.07) is 3.77. The molecule has 0 aromatic carbocycles. The minimum atomic E-state index is -0.578. The van der Waals surface area contributed by atoms with E-state index in [2.05, 4.69) is 4.90 Å². The summed E-state index contributed by atoms with van der Waals surface area (Å²) in [7, 11) is 0. The second-order valence-corrected chi connectivity index (χ2v) is 9.38. The molecule has 1 saturated heterocycles. The number of primary amides is 1. The Morgan fingerprint density at radius 2 is 1.94 bits per heavy atom. The third-order valence-electron chi connectivity index (χ3n) is 5.00. The van der Waals surface area contributed by atoms with Crippen LogP contribution in [0.1, 0.15) is 30.4 Å². The van der Waals surface area contributed by atoms with Crippen molar-refractivity contribution >= 4 is 45.1 Å². The Bertz CT molecular complexity index is 1130. The van der Waals surface area contributed by atoms with E-state index in [0.29, 0.717) is 47.0 Å². The summed E-state index contributed by atoms with van der Waals surface area (Å²) in [4.78, 5) is 33.6. The van der Waals surface area contributed by atoms with Gasteiger partial charge in [0.05, 0.1) is 18.2 Å². The highest BCUT2D eigenvalue weighted by molar-refractivity contribution is 7.21. The number of nitrogens with two attached hydrogens (primary N) is 2. The molecular formula is C21H25N5O4S. The van der Waals surface area contributed by atoms with Crippen LogP contribution in [-0.4, -0.2) is 53.7 Å². The summed E-state index contributed by atoms with van der Waals surface area (Å²) in [5.74, 6) is 0.163. The highest BCUT2D eigenvalue weighted by atomic mass is 32.1. The molecule has 10 heteroatoms. The van der Waals surface area contributed by atoms with Crippen molar-refractivity contribution in [2.24, 2.45) is 5.73 Å². The van der Waals surface area contributed by atoms with E-state index >= 15 is 0 Å². The van der Waals surface area contributed by atoms with E-state index in [-0.39, 0.29) is 6.09 Å². The molecule has 4 heterocycles. The molecule has 3 aromatic heterocycles. The number of hydrogen-bond donors (Lipinski definition) is 2. The van der Waals surface area contributed by atoms with Crippen LogP contribution in [0, 0.1) is 0 Å². The average molecular weight is 444 g/mol. The lowest BCUT2D eigenvalue weighted by Crippen LogP contribution is -2.50. The van der Waals surface area contributed by atoms with Crippen LogP contribution in [0.2, 0.25) is 0 Å². The number of hydrogen-bond acceptors (Lipinski definition) is 8. The number of pyridine rings is 1. The Kier molecular flexibility index (Phi) is 5.26. The van der Waals surface area contributed by atoms with Crippen molar-refractivity contribution in [1.82, 2.24) is 9.88 Å². The molecule has 1 aliphatic heterocycles. The zero-order valence-corrected chi connectivity index (χ0v) is 18.5. The van der Waals surface area contributed by atoms with Gasteiger partial charge in [-0.3, -0.25) is 4.79 Å².